The number of hydrogen-bond acceptors (Lipinski definition) is 15. The predicted octanol–water partition coefficient (Wildman–Crippen LogP) is -4.72. The lowest BCUT2D eigenvalue weighted by Crippen LogP contribution is -2.65. The summed E-state index contributed by atoms with van der Waals surface area (Å²) in [6, 6.07) is 0. The Kier molecular flexibility index (Phi) is 11.0. The zero-order valence-corrected chi connectivity index (χ0v) is 20.8. The fraction of sp³-hybridized carbons (Fsp3) is 1.00. The van der Waals surface area contributed by atoms with Crippen LogP contribution in [0.25, 0.3) is 0 Å². The van der Waals surface area contributed by atoms with E-state index in [0.29, 0.717) is 6.42 Å². The Bertz CT molecular complexity index is 699. The lowest BCUT2D eigenvalue weighted by molar-refractivity contribution is -0.367. The molecule has 15 nitrogen and oxygen atoms in total. The molecule has 3 aliphatic heterocycles. The molecule has 0 aromatic rings. The number of ether oxygens (including phenoxy) is 6. The average Bonchev–Trinajstić information content (AvgIpc) is 2.88. The third-order valence-corrected chi connectivity index (χ3v) is 6.95. The Morgan fingerprint density at radius 3 is 1.86 bits per heavy atom. The number of rotatable bonds is 9. The van der Waals surface area contributed by atoms with Gasteiger partial charge in [-0.2, -0.15) is 0 Å². The Balaban J connectivity index is 1.66. The molecule has 0 bridgehead atoms. The largest absolute Gasteiger partial charge is 0.394 e. The van der Waals surface area contributed by atoms with Crippen LogP contribution in [0.3, 0.4) is 0 Å². The summed E-state index contributed by atoms with van der Waals surface area (Å²) in [4.78, 5) is 0. The quantitative estimate of drug-likeness (QED) is 0.132. The number of aliphatic hydroxyl groups excluding tert-OH is 9. The molecule has 37 heavy (non-hydrogen) atoms. The van der Waals surface area contributed by atoms with Gasteiger partial charge in [-0.05, 0) is 20.3 Å². The molecule has 0 aromatic carbocycles. The van der Waals surface area contributed by atoms with Crippen LogP contribution >= 0.6 is 0 Å². The van der Waals surface area contributed by atoms with E-state index < -0.39 is 105 Å². The normalized spacial score (nSPS) is 50.1. The first-order chi connectivity index (χ1) is 17.4. The van der Waals surface area contributed by atoms with Crippen LogP contribution in [0.4, 0.5) is 0 Å². The highest BCUT2D eigenvalue weighted by Gasteiger charge is 2.51. The Morgan fingerprint density at radius 2 is 1.24 bits per heavy atom. The molecule has 9 N–H and O–H groups in total. The first-order valence-corrected chi connectivity index (χ1v) is 12.3. The summed E-state index contributed by atoms with van der Waals surface area (Å²) in [6.07, 6.45) is -22.0. The third-order valence-electron chi connectivity index (χ3n) is 6.95. The van der Waals surface area contributed by atoms with Crippen molar-refractivity contribution in [1.82, 2.24) is 0 Å². The minimum Gasteiger partial charge on any atom is -0.394 e. The van der Waals surface area contributed by atoms with Gasteiger partial charge in [-0.15, -0.1) is 0 Å². The second-order valence-electron chi connectivity index (χ2n) is 9.69. The van der Waals surface area contributed by atoms with Crippen LogP contribution in [-0.2, 0) is 28.4 Å². The van der Waals surface area contributed by atoms with Gasteiger partial charge < -0.3 is 74.4 Å². The highest BCUT2D eigenvalue weighted by atomic mass is 16.8. The fourth-order valence-electron chi connectivity index (χ4n) is 4.32. The maximum Gasteiger partial charge on any atom is 0.187 e. The Morgan fingerprint density at radius 1 is 0.676 bits per heavy atom. The molecule has 0 spiro atoms. The molecule has 16 atom stereocenters. The Labute approximate surface area is 213 Å². The summed E-state index contributed by atoms with van der Waals surface area (Å²) in [5.74, 6) is 0. The molecule has 15 heteroatoms. The molecule has 218 valence electrons. The van der Waals surface area contributed by atoms with Crippen LogP contribution in [0.2, 0.25) is 0 Å². The first kappa shape index (κ1) is 30.9. The van der Waals surface area contributed by atoms with Gasteiger partial charge in [0.15, 0.2) is 18.9 Å². The first-order valence-electron chi connectivity index (χ1n) is 12.3. The fourth-order valence-corrected chi connectivity index (χ4v) is 4.32. The second-order valence-corrected chi connectivity index (χ2v) is 9.69. The van der Waals surface area contributed by atoms with Crippen LogP contribution in [0.15, 0.2) is 0 Å². The molecule has 0 aliphatic carbocycles. The topological polar surface area (TPSA) is 237 Å². The minimum atomic E-state index is -1.81. The van der Waals surface area contributed by atoms with E-state index in [9.17, 15) is 46.0 Å². The van der Waals surface area contributed by atoms with Gasteiger partial charge in [-0.3, -0.25) is 0 Å². The predicted molar refractivity (Wildman–Crippen MR) is 118 cm³/mol. The lowest BCUT2D eigenvalue weighted by atomic mass is 9.97. The van der Waals surface area contributed by atoms with Crippen molar-refractivity contribution in [2.45, 2.75) is 125 Å². The van der Waals surface area contributed by atoms with Crippen LogP contribution in [0.5, 0.6) is 0 Å². The van der Waals surface area contributed by atoms with Crippen LogP contribution in [0, 0.1) is 0 Å². The molecule has 3 rings (SSSR count). The lowest BCUT2D eigenvalue weighted by Gasteiger charge is -2.46. The summed E-state index contributed by atoms with van der Waals surface area (Å²) in [6.45, 7) is 3.87. The van der Waals surface area contributed by atoms with Gasteiger partial charge >= 0.3 is 0 Å². The highest BCUT2D eigenvalue weighted by Crippen LogP contribution is 2.31. The van der Waals surface area contributed by atoms with E-state index in [0.717, 1.165) is 0 Å². The van der Waals surface area contributed by atoms with Crippen molar-refractivity contribution in [3.8, 4) is 0 Å². The van der Waals surface area contributed by atoms with Crippen LogP contribution in [0.1, 0.15) is 27.2 Å². The SMILES string of the molecule is CCC(C)O[C@@H]1O[C@H](CO)[C@@H](OC2O[C@H](COC3O[C@@H](C)[C@@H](O)[C@@H](O)[C@@H]3O)[C@@H](O)[C@H](O)[C@H]2O)[C@H](O)[C@H]1O. The Hall–Kier alpha value is -0.600. The van der Waals surface area contributed by atoms with E-state index in [1.807, 2.05) is 6.92 Å². The molecule has 3 heterocycles. The van der Waals surface area contributed by atoms with Gasteiger partial charge in [-0.25, -0.2) is 0 Å². The van der Waals surface area contributed by atoms with E-state index in [1.54, 1.807) is 6.92 Å². The van der Waals surface area contributed by atoms with Crippen molar-refractivity contribution in [1.29, 1.82) is 0 Å². The number of aliphatic hydroxyl groups is 9. The van der Waals surface area contributed by atoms with Gasteiger partial charge in [0.05, 0.1) is 25.4 Å². The van der Waals surface area contributed by atoms with Crippen molar-refractivity contribution < 1.29 is 74.4 Å². The van der Waals surface area contributed by atoms with Gasteiger partial charge in [0.2, 0.25) is 0 Å². The molecular weight excluding hydrogens is 504 g/mol. The van der Waals surface area contributed by atoms with E-state index in [-0.39, 0.29) is 6.10 Å². The zero-order valence-electron chi connectivity index (χ0n) is 20.8. The highest BCUT2D eigenvalue weighted by molar-refractivity contribution is 4.94. The van der Waals surface area contributed by atoms with Gasteiger partial charge in [0.25, 0.3) is 0 Å². The molecule has 3 saturated heterocycles. The summed E-state index contributed by atoms with van der Waals surface area (Å²) < 4.78 is 33.0. The smallest absolute Gasteiger partial charge is 0.187 e. The standard InChI is InChI=1S/C22H40O15/c1-4-7(2)33-21-18(31)15(28)19(9(5-23)35-21)37-22-17(30)14(27)12(25)10(36-22)6-32-20-16(29)13(26)11(24)8(3)34-20/h7-31H,4-6H2,1-3H3/t7?,8-,9+,10+,11+,12+,13+,14-,15+,16-,17+,18+,19+,20?,21+,22?/m0/s1. The molecule has 0 radical (unpaired) electrons. The molecule has 3 aliphatic rings. The second kappa shape index (κ2) is 13.2. The zero-order chi connectivity index (χ0) is 27.6. The summed E-state index contributed by atoms with van der Waals surface area (Å²) in [5, 5.41) is 91.9. The molecule has 0 amide bonds. The van der Waals surface area contributed by atoms with Crippen molar-refractivity contribution in [2.75, 3.05) is 13.2 Å². The average molecular weight is 545 g/mol. The molecule has 0 aromatic heterocycles. The van der Waals surface area contributed by atoms with E-state index in [1.165, 1.54) is 6.92 Å². The van der Waals surface area contributed by atoms with Gasteiger partial charge in [-0.1, -0.05) is 6.92 Å². The van der Waals surface area contributed by atoms with Crippen molar-refractivity contribution in [2.24, 2.45) is 0 Å². The number of hydrogen-bond donors (Lipinski definition) is 9. The third kappa shape index (κ3) is 6.77. The molecular formula is C22H40O15. The van der Waals surface area contributed by atoms with Gasteiger partial charge in [0.1, 0.15) is 67.1 Å². The van der Waals surface area contributed by atoms with E-state index in [4.69, 9.17) is 28.4 Å². The van der Waals surface area contributed by atoms with Crippen LogP contribution < -0.4 is 0 Å². The summed E-state index contributed by atoms with van der Waals surface area (Å²) in [5.41, 5.74) is 0. The maximum atomic E-state index is 10.7. The van der Waals surface area contributed by atoms with Crippen molar-refractivity contribution in [3.05, 3.63) is 0 Å². The summed E-state index contributed by atoms with van der Waals surface area (Å²) in [7, 11) is 0. The summed E-state index contributed by atoms with van der Waals surface area (Å²) >= 11 is 0. The maximum absolute atomic E-state index is 10.7. The molecule has 3 unspecified atom stereocenters. The van der Waals surface area contributed by atoms with Crippen molar-refractivity contribution >= 4 is 0 Å². The molecule has 3 fully saturated rings. The minimum absolute atomic E-state index is 0.316. The van der Waals surface area contributed by atoms with Crippen LogP contribution in [-0.4, -0.2) is 157 Å². The van der Waals surface area contributed by atoms with E-state index in [2.05, 4.69) is 0 Å². The monoisotopic (exact) mass is 544 g/mol. The van der Waals surface area contributed by atoms with E-state index >= 15 is 0 Å². The van der Waals surface area contributed by atoms with Crippen molar-refractivity contribution in [3.63, 3.8) is 0 Å². The molecule has 0 saturated carbocycles. The van der Waals surface area contributed by atoms with Gasteiger partial charge in [0, 0.05) is 0 Å².